The van der Waals surface area contributed by atoms with Gasteiger partial charge in [0.05, 0.1) is 9.92 Å². The summed E-state index contributed by atoms with van der Waals surface area (Å²) >= 11 is 7.79. The van der Waals surface area contributed by atoms with E-state index in [1.165, 1.54) is 18.2 Å². The molecule has 9 heteroatoms. The zero-order chi connectivity index (χ0) is 23.1. The second-order valence-corrected chi connectivity index (χ2v) is 9.92. The number of benzene rings is 3. The van der Waals surface area contributed by atoms with Crippen LogP contribution >= 0.6 is 23.4 Å². The Bertz CT molecular complexity index is 1190. The smallest absolute Gasteiger partial charge is 0.262 e. The number of sulfonamides is 1. The van der Waals surface area contributed by atoms with Crippen LogP contribution in [-0.2, 0) is 14.8 Å². The molecule has 0 aromatic heterocycles. The van der Waals surface area contributed by atoms with Crippen LogP contribution in [-0.4, -0.2) is 27.2 Å². The van der Waals surface area contributed by atoms with Crippen LogP contribution in [0.25, 0.3) is 0 Å². The van der Waals surface area contributed by atoms with Crippen LogP contribution in [0.3, 0.4) is 0 Å². The molecule has 3 rings (SSSR count). The second kappa shape index (κ2) is 10.9. The molecule has 3 aromatic rings. The van der Waals surface area contributed by atoms with E-state index in [2.05, 4.69) is 10.0 Å². The lowest BCUT2D eigenvalue weighted by Gasteiger charge is -2.15. The van der Waals surface area contributed by atoms with E-state index in [-0.39, 0.29) is 28.2 Å². The second-order valence-electron chi connectivity index (χ2n) is 6.91. The van der Waals surface area contributed by atoms with Crippen molar-refractivity contribution in [2.75, 3.05) is 18.2 Å². The number of carbonyl (C=O) groups excluding carboxylic acids is 1. The standard InChI is InChI=1S/C23H23ClN2O4S2/c1-16(17-7-4-3-5-8-17)26-32(28,29)20-11-12-22(21(24)14-20)30-15-23(27)25-18-9-6-10-19(13-18)31-2/h3-14,16,26H,15H2,1-2H3,(H,25,27)/t16-/m0/s1. The zero-order valence-electron chi connectivity index (χ0n) is 17.5. The summed E-state index contributed by atoms with van der Waals surface area (Å²) in [6.07, 6.45) is 1.95. The Balaban J connectivity index is 1.62. The van der Waals surface area contributed by atoms with E-state index in [4.69, 9.17) is 16.3 Å². The highest BCUT2D eigenvalue weighted by Gasteiger charge is 2.20. The summed E-state index contributed by atoms with van der Waals surface area (Å²) in [5, 5.41) is 2.85. The monoisotopic (exact) mass is 490 g/mol. The van der Waals surface area contributed by atoms with Crippen molar-refractivity contribution in [1.29, 1.82) is 0 Å². The number of hydrogen-bond donors (Lipinski definition) is 2. The molecule has 1 atom stereocenters. The molecule has 6 nitrogen and oxygen atoms in total. The molecule has 0 unspecified atom stereocenters. The number of ether oxygens (including phenoxy) is 1. The van der Waals surface area contributed by atoms with E-state index in [1.54, 1.807) is 24.8 Å². The Labute approximate surface area is 197 Å². The van der Waals surface area contributed by atoms with Crippen LogP contribution in [0.1, 0.15) is 18.5 Å². The van der Waals surface area contributed by atoms with Crippen molar-refractivity contribution in [3.63, 3.8) is 0 Å². The number of anilines is 1. The predicted octanol–water partition coefficient (Wildman–Crippen LogP) is 5.12. The lowest BCUT2D eigenvalue weighted by Crippen LogP contribution is -2.27. The first kappa shape index (κ1) is 24.1. The van der Waals surface area contributed by atoms with Crippen molar-refractivity contribution in [3.05, 3.63) is 83.4 Å². The van der Waals surface area contributed by atoms with Gasteiger partial charge in [-0.25, -0.2) is 13.1 Å². The maximum absolute atomic E-state index is 12.7. The average molecular weight is 491 g/mol. The molecule has 2 N–H and O–H groups in total. The van der Waals surface area contributed by atoms with Gasteiger partial charge in [-0.3, -0.25) is 4.79 Å². The fourth-order valence-corrected chi connectivity index (χ4v) is 4.93. The molecule has 0 saturated carbocycles. The number of nitrogens with one attached hydrogen (secondary N) is 2. The minimum absolute atomic E-state index is 0.0102. The topological polar surface area (TPSA) is 84.5 Å². The number of carbonyl (C=O) groups is 1. The molecule has 0 aliphatic heterocycles. The molecule has 0 radical (unpaired) electrons. The number of thioether (sulfide) groups is 1. The zero-order valence-corrected chi connectivity index (χ0v) is 19.9. The number of halogens is 1. The van der Waals surface area contributed by atoms with Crippen LogP contribution < -0.4 is 14.8 Å². The lowest BCUT2D eigenvalue weighted by molar-refractivity contribution is -0.118. The molecule has 0 saturated heterocycles. The van der Waals surface area contributed by atoms with Gasteiger partial charge in [-0.1, -0.05) is 48.0 Å². The summed E-state index contributed by atoms with van der Waals surface area (Å²) in [6.45, 7) is 1.50. The SMILES string of the molecule is CSc1cccc(NC(=O)COc2ccc(S(=O)(=O)N[C@@H](C)c3ccccc3)cc2Cl)c1. The summed E-state index contributed by atoms with van der Waals surface area (Å²) in [5.74, 6) is -0.135. The molecular weight excluding hydrogens is 468 g/mol. The molecule has 0 heterocycles. The summed E-state index contributed by atoms with van der Waals surface area (Å²) in [4.78, 5) is 13.2. The molecule has 0 spiro atoms. The van der Waals surface area contributed by atoms with Gasteiger partial charge in [0.25, 0.3) is 5.91 Å². The first-order valence-corrected chi connectivity index (χ1v) is 12.8. The molecule has 0 bridgehead atoms. The number of rotatable bonds is 9. The van der Waals surface area contributed by atoms with E-state index < -0.39 is 16.1 Å². The van der Waals surface area contributed by atoms with Gasteiger partial charge in [0.2, 0.25) is 10.0 Å². The van der Waals surface area contributed by atoms with Crippen LogP contribution in [0.4, 0.5) is 5.69 Å². The van der Waals surface area contributed by atoms with Gasteiger partial charge in [-0.15, -0.1) is 11.8 Å². The Morgan fingerprint density at radius 2 is 1.81 bits per heavy atom. The van der Waals surface area contributed by atoms with Gasteiger partial charge >= 0.3 is 0 Å². The normalized spacial score (nSPS) is 12.2. The maximum atomic E-state index is 12.7. The first-order chi connectivity index (χ1) is 15.3. The van der Waals surface area contributed by atoms with Crippen molar-refractivity contribution in [1.82, 2.24) is 4.72 Å². The Kier molecular flexibility index (Phi) is 8.20. The van der Waals surface area contributed by atoms with Gasteiger partial charge in [-0.05, 0) is 55.1 Å². The summed E-state index contributed by atoms with van der Waals surface area (Å²) in [5.41, 5.74) is 1.51. The lowest BCUT2D eigenvalue weighted by atomic mass is 10.1. The molecular formula is C23H23ClN2O4S2. The molecule has 3 aromatic carbocycles. The van der Waals surface area contributed by atoms with E-state index in [0.29, 0.717) is 5.69 Å². The fraction of sp³-hybridized carbons (Fsp3) is 0.174. The van der Waals surface area contributed by atoms with Gasteiger partial charge in [-0.2, -0.15) is 0 Å². The quantitative estimate of drug-likeness (QED) is 0.407. The third-order valence-corrected chi connectivity index (χ3v) is 7.12. The maximum Gasteiger partial charge on any atom is 0.262 e. The van der Waals surface area contributed by atoms with E-state index in [1.807, 2.05) is 54.8 Å². The van der Waals surface area contributed by atoms with E-state index in [0.717, 1.165) is 10.5 Å². The van der Waals surface area contributed by atoms with Gasteiger partial charge in [0, 0.05) is 16.6 Å². The largest absolute Gasteiger partial charge is 0.482 e. The van der Waals surface area contributed by atoms with Crippen LogP contribution in [0.2, 0.25) is 5.02 Å². The predicted molar refractivity (Wildman–Crippen MR) is 129 cm³/mol. The highest BCUT2D eigenvalue weighted by Crippen LogP contribution is 2.28. The minimum Gasteiger partial charge on any atom is -0.482 e. The van der Waals surface area contributed by atoms with Crippen LogP contribution in [0.15, 0.2) is 82.6 Å². The molecule has 0 aliphatic carbocycles. The number of hydrogen-bond acceptors (Lipinski definition) is 5. The van der Waals surface area contributed by atoms with Crippen molar-refractivity contribution in [2.45, 2.75) is 22.8 Å². The van der Waals surface area contributed by atoms with Crippen molar-refractivity contribution >= 4 is 45.0 Å². The molecule has 1 amide bonds. The molecule has 0 aliphatic rings. The van der Waals surface area contributed by atoms with E-state index >= 15 is 0 Å². The summed E-state index contributed by atoms with van der Waals surface area (Å²) in [7, 11) is -3.80. The molecule has 0 fully saturated rings. The number of amides is 1. The Morgan fingerprint density at radius 3 is 2.50 bits per heavy atom. The van der Waals surface area contributed by atoms with Crippen molar-refractivity contribution in [3.8, 4) is 5.75 Å². The first-order valence-electron chi connectivity index (χ1n) is 9.72. The Morgan fingerprint density at radius 1 is 1.06 bits per heavy atom. The van der Waals surface area contributed by atoms with Crippen LogP contribution in [0.5, 0.6) is 5.75 Å². The Hall–Kier alpha value is -2.52. The summed E-state index contributed by atoms with van der Waals surface area (Å²) < 4.78 is 33.6. The fourth-order valence-electron chi connectivity index (χ4n) is 2.92. The third kappa shape index (κ3) is 6.49. The van der Waals surface area contributed by atoms with E-state index in [9.17, 15) is 13.2 Å². The van der Waals surface area contributed by atoms with Gasteiger partial charge < -0.3 is 10.1 Å². The van der Waals surface area contributed by atoms with Crippen molar-refractivity contribution in [2.24, 2.45) is 0 Å². The molecule has 32 heavy (non-hydrogen) atoms. The summed E-state index contributed by atoms with van der Waals surface area (Å²) in [6, 6.07) is 20.4. The van der Waals surface area contributed by atoms with Gasteiger partial charge in [0.15, 0.2) is 6.61 Å². The highest BCUT2D eigenvalue weighted by molar-refractivity contribution is 7.98. The average Bonchev–Trinajstić information content (AvgIpc) is 2.78. The third-order valence-electron chi connectivity index (χ3n) is 4.56. The molecule has 168 valence electrons. The van der Waals surface area contributed by atoms with Crippen LogP contribution in [0, 0.1) is 0 Å². The highest BCUT2D eigenvalue weighted by atomic mass is 35.5. The minimum atomic E-state index is -3.80. The van der Waals surface area contributed by atoms with Crippen molar-refractivity contribution < 1.29 is 17.9 Å². The van der Waals surface area contributed by atoms with Gasteiger partial charge in [0.1, 0.15) is 5.75 Å².